The van der Waals surface area contributed by atoms with E-state index in [4.69, 9.17) is 9.15 Å². The van der Waals surface area contributed by atoms with Crippen LogP contribution in [-0.2, 0) is 16.2 Å². The van der Waals surface area contributed by atoms with Gasteiger partial charge in [-0.05, 0) is 61.4 Å². The topological polar surface area (TPSA) is 127 Å². The number of aryl methyl sites for hydroxylation is 2. The van der Waals surface area contributed by atoms with Crippen molar-refractivity contribution in [2.45, 2.75) is 20.5 Å². The van der Waals surface area contributed by atoms with Crippen LogP contribution < -0.4 is 26.5 Å². The van der Waals surface area contributed by atoms with E-state index < -0.39 is 23.3 Å². The molecule has 0 aliphatic carbocycles. The lowest BCUT2D eigenvalue weighted by Crippen LogP contribution is -2.46. The van der Waals surface area contributed by atoms with Crippen LogP contribution in [0.3, 0.4) is 0 Å². The third kappa shape index (κ3) is 5.95. The summed E-state index contributed by atoms with van der Waals surface area (Å²) in [7, 11) is 0. The third-order valence-corrected chi connectivity index (χ3v) is 5.35. The maximum Gasteiger partial charge on any atom is 0.336 e. The quantitative estimate of drug-likeness (QED) is 0.226. The lowest BCUT2D eigenvalue weighted by atomic mass is 10.1. The van der Waals surface area contributed by atoms with Gasteiger partial charge in [0.25, 0.3) is 5.91 Å². The monoisotopic (exact) mass is 485 g/mol. The summed E-state index contributed by atoms with van der Waals surface area (Å²) in [5.74, 6) is -1.96. The van der Waals surface area contributed by atoms with Crippen LogP contribution in [0.4, 0.5) is 5.69 Å². The first-order valence-electron chi connectivity index (χ1n) is 11.0. The molecule has 0 radical (unpaired) electrons. The highest BCUT2D eigenvalue weighted by atomic mass is 16.5. The van der Waals surface area contributed by atoms with Crippen LogP contribution in [0, 0.1) is 13.8 Å². The van der Waals surface area contributed by atoms with Crippen molar-refractivity contribution in [3.8, 4) is 5.75 Å². The van der Waals surface area contributed by atoms with E-state index in [1.165, 1.54) is 6.07 Å². The number of hydrogen-bond acceptors (Lipinski definition) is 6. The highest BCUT2D eigenvalue weighted by molar-refractivity contribution is 6.39. The van der Waals surface area contributed by atoms with Gasteiger partial charge in [-0.15, -0.1) is 0 Å². The molecule has 4 aromatic rings. The maximum atomic E-state index is 12.3. The lowest BCUT2D eigenvalue weighted by molar-refractivity contribution is -0.136. The van der Waals surface area contributed by atoms with Crippen LogP contribution >= 0.6 is 0 Å². The first kappa shape index (κ1) is 24.2. The molecule has 0 spiro atoms. The Bertz CT molecular complexity index is 1490. The molecule has 1 heterocycles. The number of benzene rings is 3. The molecule has 36 heavy (non-hydrogen) atoms. The molecule has 0 saturated heterocycles. The Labute approximate surface area is 206 Å². The van der Waals surface area contributed by atoms with Gasteiger partial charge in [-0.25, -0.2) is 4.79 Å². The van der Waals surface area contributed by atoms with Crippen molar-refractivity contribution < 1.29 is 23.5 Å². The maximum absolute atomic E-state index is 12.3. The zero-order valence-electron chi connectivity index (χ0n) is 19.6. The second-order valence-corrected chi connectivity index (χ2v) is 8.12. The molecule has 0 aliphatic heterocycles. The van der Waals surface area contributed by atoms with E-state index in [1.54, 1.807) is 60.7 Å². The van der Waals surface area contributed by atoms with E-state index in [1.807, 2.05) is 19.9 Å². The Balaban J connectivity index is 1.28. The average molecular weight is 485 g/mol. The van der Waals surface area contributed by atoms with E-state index in [2.05, 4.69) is 16.2 Å². The minimum absolute atomic E-state index is 0.222. The minimum Gasteiger partial charge on any atom is -0.489 e. The molecule has 3 amide bonds. The van der Waals surface area contributed by atoms with Crippen molar-refractivity contribution in [2.75, 3.05) is 5.32 Å². The van der Waals surface area contributed by atoms with Gasteiger partial charge in [0.15, 0.2) is 0 Å². The van der Waals surface area contributed by atoms with E-state index in [0.29, 0.717) is 17.0 Å². The number of ether oxygens (including phenoxy) is 1. The van der Waals surface area contributed by atoms with Gasteiger partial charge < -0.3 is 14.5 Å². The molecule has 0 unspecified atom stereocenters. The fourth-order valence-corrected chi connectivity index (χ4v) is 3.38. The number of anilines is 1. The number of amides is 3. The van der Waals surface area contributed by atoms with Gasteiger partial charge in [0.05, 0.1) is 0 Å². The number of hydrazine groups is 1. The van der Waals surface area contributed by atoms with E-state index in [-0.39, 0.29) is 12.2 Å². The third-order valence-electron chi connectivity index (χ3n) is 5.35. The summed E-state index contributed by atoms with van der Waals surface area (Å²) < 4.78 is 11.0. The highest BCUT2D eigenvalue weighted by Crippen LogP contribution is 2.23. The number of hydrogen-bond donors (Lipinski definition) is 3. The van der Waals surface area contributed by atoms with Crippen LogP contribution in [0.1, 0.15) is 27.0 Å². The van der Waals surface area contributed by atoms with E-state index in [0.717, 1.165) is 22.1 Å². The number of rotatable bonds is 5. The predicted molar refractivity (Wildman–Crippen MR) is 133 cm³/mol. The van der Waals surface area contributed by atoms with Crippen LogP contribution in [0.15, 0.2) is 82.0 Å². The Hall–Kier alpha value is -4.92. The van der Waals surface area contributed by atoms with Gasteiger partial charge in [0.2, 0.25) is 0 Å². The standard InChI is InChI=1S/C27H23N3O6/c1-16-3-9-20(10-4-16)28-26(33)27(34)30-29-25(32)19-7-5-18(6-8-19)15-35-21-11-12-22-17(2)13-24(31)36-23(22)14-21/h3-14H,15H2,1-2H3,(H,28,33)(H,29,32)(H,30,34). The molecule has 4 rings (SSSR count). The van der Waals surface area contributed by atoms with Gasteiger partial charge in [-0.1, -0.05) is 29.8 Å². The van der Waals surface area contributed by atoms with Gasteiger partial charge in [0.1, 0.15) is 17.9 Å². The zero-order chi connectivity index (χ0) is 25.7. The lowest BCUT2D eigenvalue weighted by Gasteiger charge is -2.10. The first-order chi connectivity index (χ1) is 17.3. The van der Waals surface area contributed by atoms with Gasteiger partial charge in [-0.3, -0.25) is 25.2 Å². The summed E-state index contributed by atoms with van der Waals surface area (Å²) in [6, 6.07) is 20.2. The van der Waals surface area contributed by atoms with Crippen molar-refractivity contribution in [3.05, 3.63) is 105 Å². The van der Waals surface area contributed by atoms with Crippen molar-refractivity contribution >= 4 is 34.4 Å². The van der Waals surface area contributed by atoms with Gasteiger partial charge in [0, 0.05) is 28.8 Å². The SMILES string of the molecule is Cc1ccc(NC(=O)C(=O)NNC(=O)c2ccc(COc3ccc4c(C)cc(=O)oc4c3)cc2)cc1. The minimum atomic E-state index is -1.00. The zero-order valence-corrected chi connectivity index (χ0v) is 19.6. The second-order valence-electron chi connectivity index (χ2n) is 8.12. The molecular formula is C27H23N3O6. The first-order valence-corrected chi connectivity index (χ1v) is 11.0. The number of nitrogens with one attached hydrogen (secondary N) is 3. The fraction of sp³-hybridized carbons (Fsp3) is 0.111. The van der Waals surface area contributed by atoms with Crippen LogP contribution in [0.25, 0.3) is 11.0 Å². The predicted octanol–water partition coefficient (Wildman–Crippen LogP) is 3.39. The summed E-state index contributed by atoms with van der Waals surface area (Å²) in [4.78, 5) is 47.9. The summed E-state index contributed by atoms with van der Waals surface area (Å²) in [5, 5.41) is 3.28. The summed E-state index contributed by atoms with van der Waals surface area (Å²) in [6.45, 7) is 3.96. The molecule has 0 aliphatic rings. The highest BCUT2D eigenvalue weighted by Gasteiger charge is 2.15. The van der Waals surface area contributed by atoms with Crippen LogP contribution in [0.5, 0.6) is 5.75 Å². The molecule has 9 nitrogen and oxygen atoms in total. The summed E-state index contributed by atoms with van der Waals surface area (Å²) in [5.41, 5.74) is 7.70. The second kappa shape index (κ2) is 10.6. The van der Waals surface area contributed by atoms with Crippen molar-refractivity contribution in [1.82, 2.24) is 10.9 Å². The largest absolute Gasteiger partial charge is 0.489 e. The van der Waals surface area contributed by atoms with E-state index in [9.17, 15) is 19.2 Å². The Morgan fingerprint density at radius 1 is 0.833 bits per heavy atom. The van der Waals surface area contributed by atoms with Crippen molar-refractivity contribution in [2.24, 2.45) is 0 Å². The molecular weight excluding hydrogens is 462 g/mol. The van der Waals surface area contributed by atoms with Crippen molar-refractivity contribution in [1.29, 1.82) is 0 Å². The smallest absolute Gasteiger partial charge is 0.336 e. The van der Waals surface area contributed by atoms with Gasteiger partial charge in [-0.2, -0.15) is 0 Å². The number of fused-ring (bicyclic) bond motifs is 1. The van der Waals surface area contributed by atoms with Gasteiger partial charge >= 0.3 is 17.4 Å². The molecule has 3 aromatic carbocycles. The molecule has 9 heteroatoms. The molecule has 0 atom stereocenters. The van der Waals surface area contributed by atoms with Crippen LogP contribution in [0.2, 0.25) is 0 Å². The summed E-state index contributed by atoms with van der Waals surface area (Å²) >= 11 is 0. The number of carbonyl (C=O) groups is 3. The molecule has 182 valence electrons. The fourth-order valence-electron chi connectivity index (χ4n) is 3.38. The normalized spacial score (nSPS) is 10.5. The summed E-state index contributed by atoms with van der Waals surface area (Å²) in [6.07, 6.45) is 0. The Morgan fingerprint density at radius 2 is 1.56 bits per heavy atom. The Morgan fingerprint density at radius 3 is 2.28 bits per heavy atom. The molecule has 3 N–H and O–H groups in total. The van der Waals surface area contributed by atoms with E-state index >= 15 is 0 Å². The number of carbonyl (C=O) groups excluding carboxylic acids is 3. The average Bonchev–Trinajstić information content (AvgIpc) is 2.87. The molecule has 0 fully saturated rings. The molecule has 0 bridgehead atoms. The molecule has 1 aromatic heterocycles. The Kier molecular flexibility index (Phi) is 7.10. The molecule has 0 saturated carbocycles. The van der Waals surface area contributed by atoms with Crippen LogP contribution in [-0.4, -0.2) is 17.7 Å². The van der Waals surface area contributed by atoms with Crippen molar-refractivity contribution in [3.63, 3.8) is 0 Å².